The topological polar surface area (TPSA) is 92.7 Å². The summed E-state index contributed by atoms with van der Waals surface area (Å²) >= 11 is 1.22. The normalized spacial score (nSPS) is 10.4. The van der Waals surface area contributed by atoms with E-state index < -0.39 is 0 Å². The average Bonchev–Trinajstić information content (AvgIpc) is 2.95. The van der Waals surface area contributed by atoms with Crippen molar-refractivity contribution in [2.24, 2.45) is 0 Å². The number of hydrogen-bond donors (Lipinski definition) is 2. The van der Waals surface area contributed by atoms with Crippen LogP contribution in [0.3, 0.4) is 0 Å². The number of para-hydroxylation sites is 1. The van der Waals surface area contributed by atoms with Gasteiger partial charge in [-0.2, -0.15) is 0 Å². The van der Waals surface area contributed by atoms with Crippen LogP contribution in [0.15, 0.2) is 64.8 Å². The molecule has 1 amide bonds. The van der Waals surface area contributed by atoms with Gasteiger partial charge in [0.25, 0.3) is 5.56 Å². The van der Waals surface area contributed by atoms with Gasteiger partial charge < -0.3 is 5.32 Å². The number of aromatic nitrogens is 4. The van der Waals surface area contributed by atoms with Gasteiger partial charge in [-0.3, -0.25) is 14.7 Å². The van der Waals surface area contributed by atoms with Gasteiger partial charge in [0.1, 0.15) is 5.82 Å². The fourth-order valence-electron chi connectivity index (χ4n) is 1.91. The number of rotatable bonds is 5. The van der Waals surface area contributed by atoms with E-state index in [4.69, 9.17) is 0 Å². The molecule has 0 saturated heterocycles. The minimum absolute atomic E-state index is 0.155. The highest BCUT2D eigenvalue weighted by Gasteiger charge is 2.09. The molecular weight excluding hydrogens is 314 g/mol. The number of anilines is 1. The van der Waals surface area contributed by atoms with Crippen LogP contribution in [-0.2, 0) is 4.79 Å². The van der Waals surface area contributed by atoms with Crippen LogP contribution in [0.25, 0.3) is 5.69 Å². The van der Waals surface area contributed by atoms with Crippen molar-refractivity contribution in [3.8, 4) is 5.69 Å². The number of benzene rings is 1. The maximum atomic E-state index is 12.0. The van der Waals surface area contributed by atoms with Gasteiger partial charge in [0.15, 0.2) is 5.16 Å². The lowest BCUT2D eigenvalue weighted by molar-refractivity contribution is -0.113. The number of nitrogens with one attached hydrogen (secondary N) is 2. The highest BCUT2D eigenvalue weighted by atomic mass is 32.2. The minimum atomic E-state index is -0.246. The highest BCUT2D eigenvalue weighted by molar-refractivity contribution is 7.99. The van der Waals surface area contributed by atoms with Crippen LogP contribution in [-0.4, -0.2) is 31.4 Å². The summed E-state index contributed by atoms with van der Waals surface area (Å²) < 4.78 is 1.36. The van der Waals surface area contributed by atoms with Gasteiger partial charge in [0, 0.05) is 18.5 Å². The van der Waals surface area contributed by atoms with Gasteiger partial charge in [-0.1, -0.05) is 30.0 Å². The minimum Gasteiger partial charge on any atom is -0.310 e. The number of carbonyl (C=O) groups excluding carboxylic acids is 1. The highest BCUT2D eigenvalue weighted by Crippen LogP contribution is 2.12. The molecule has 0 atom stereocenters. The summed E-state index contributed by atoms with van der Waals surface area (Å²) in [5.41, 5.74) is 0.454. The molecule has 0 saturated carbocycles. The lowest BCUT2D eigenvalue weighted by Crippen LogP contribution is -2.15. The first-order valence-electron chi connectivity index (χ1n) is 6.79. The molecule has 3 rings (SSSR count). The van der Waals surface area contributed by atoms with E-state index in [-0.39, 0.29) is 17.2 Å². The van der Waals surface area contributed by atoms with E-state index in [1.54, 1.807) is 30.6 Å². The van der Waals surface area contributed by atoms with E-state index in [2.05, 4.69) is 20.4 Å². The van der Waals surface area contributed by atoms with E-state index in [0.29, 0.717) is 16.7 Å². The number of carbonyl (C=O) groups is 1. The Bertz CT molecular complexity index is 845. The zero-order valence-corrected chi connectivity index (χ0v) is 12.8. The molecular formula is C15H13N5O2S. The van der Waals surface area contributed by atoms with Crippen LogP contribution >= 0.6 is 11.8 Å². The van der Waals surface area contributed by atoms with E-state index in [0.717, 1.165) is 0 Å². The molecule has 7 nitrogen and oxygen atoms in total. The Morgan fingerprint density at radius 1 is 1.17 bits per heavy atom. The van der Waals surface area contributed by atoms with Crippen molar-refractivity contribution in [1.82, 2.24) is 19.7 Å². The van der Waals surface area contributed by atoms with Crippen LogP contribution < -0.4 is 10.9 Å². The Morgan fingerprint density at radius 3 is 2.65 bits per heavy atom. The molecule has 0 fully saturated rings. The monoisotopic (exact) mass is 327 g/mol. The molecule has 2 N–H and O–H groups in total. The Balaban J connectivity index is 1.64. The van der Waals surface area contributed by atoms with Crippen LogP contribution in [0, 0.1) is 0 Å². The first-order chi connectivity index (χ1) is 11.2. The summed E-state index contributed by atoms with van der Waals surface area (Å²) in [4.78, 5) is 31.9. The van der Waals surface area contributed by atoms with Crippen molar-refractivity contribution in [3.63, 3.8) is 0 Å². The third-order valence-corrected chi connectivity index (χ3v) is 3.76. The predicted molar refractivity (Wildman–Crippen MR) is 87.8 cm³/mol. The molecule has 0 bridgehead atoms. The predicted octanol–water partition coefficient (Wildman–Crippen LogP) is 1.69. The number of aromatic amines is 1. The molecule has 0 radical (unpaired) electrons. The van der Waals surface area contributed by atoms with Crippen molar-refractivity contribution in [2.45, 2.75) is 5.16 Å². The van der Waals surface area contributed by atoms with Crippen LogP contribution in [0.4, 0.5) is 5.82 Å². The van der Waals surface area contributed by atoms with E-state index in [1.807, 2.05) is 18.2 Å². The first kappa shape index (κ1) is 15.0. The molecule has 0 aliphatic heterocycles. The number of thioether (sulfide) groups is 1. The molecule has 2 heterocycles. The van der Waals surface area contributed by atoms with Crippen molar-refractivity contribution < 1.29 is 4.79 Å². The lowest BCUT2D eigenvalue weighted by Gasteiger charge is -2.03. The molecule has 8 heteroatoms. The standard InChI is InChI=1S/C15H13N5O2S/c21-13(10-23-15-16-7-4-8-17-15)18-12-9-14(22)20(19-12)11-5-2-1-3-6-11/h1-9,19H,10H2,(H,18,21). The second-order valence-corrected chi connectivity index (χ2v) is 5.49. The molecule has 0 unspecified atom stereocenters. The Kier molecular flexibility index (Phi) is 4.53. The van der Waals surface area contributed by atoms with Crippen LogP contribution in [0.5, 0.6) is 0 Å². The van der Waals surface area contributed by atoms with Gasteiger partial charge in [0.2, 0.25) is 5.91 Å². The summed E-state index contributed by atoms with van der Waals surface area (Å²) in [5.74, 6) is 0.255. The van der Waals surface area contributed by atoms with Gasteiger partial charge in [0.05, 0.1) is 11.4 Å². The second kappa shape index (κ2) is 6.93. The number of H-pyrrole nitrogens is 1. The number of nitrogens with zero attached hydrogens (tertiary/aromatic N) is 3. The average molecular weight is 327 g/mol. The first-order valence-corrected chi connectivity index (χ1v) is 7.78. The molecule has 3 aromatic rings. The molecule has 0 aliphatic rings. The van der Waals surface area contributed by atoms with Gasteiger partial charge in [-0.25, -0.2) is 14.6 Å². The van der Waals surface area contributed by atoms with Crippen molar-refractivity contribution in [1.29, 1.82) is 0 Å². The maximum Gasteiger partial charge on any atom is 0.273 e. The third kappa shape index (κ3) is 3.86. The Labute approximate surface area is 135 Å². The van der Waals surface area contributed by atoms with Crippen molar-refractivity contribution in [3.05, 3.63) is 65.2 Å². The van der Waals surface area contributed by atoms with Gasteiger partial charge in [-0.15, -0.1) is 0 Å². The zero-order valence-electron chi connectivity index (χ0n) is 12.0. The fraction of sp³-hybridized carbons (Fsp3) is 0.0667. The number of amides is 1. The summed E-state index contributed by atoms with van der Waals surface area (Å²) in [7, 11) is 0. The van der Waals surface area contributed by atoms with Gasteiger partial charge in [-0.05, 0) is 18.2 Å². The molecule has 116 valence electrons. The summed E-state index contributed by atoms with van der Waals surface area (Å²) in [6, 6.07) is 12.2. The number of hydrogen-bond acceptors (Lipinski definition) is 5. The quantitative estimate of drug-likeness (QED) is 0.549. The third-order valence-electron chi connectivity index (χ3n) is 2.88. The molecule has 2 aromatic heterocycles. The second-order valence-electron chi connectivity index (χ2n) is 4.55. The summed E-state index contributed by atoms with van der Waals surface area (Å²) in [6.07, 6.45) is 3.23. The summed E-state index contributed by atoms with van der Waals surface area (Å²) in [6.45, 7) is 0. The fourth-order valence-corrected chi connectivity index (χ4v) is 2.51. The molecule has 1 aromatic carbocycles. The van der Waals surface area contributed by atoms with E-state index >= 15 is 0 Å². The largest absolute Gasteiger partial charge is 0.310 e. The maximum absolute atomic E-state index is 12.0. The summed E-state index contributed by atoms with van der Waals surface area (Å²) in [5, 5.41) is 6.04. The Morgan fingerprint density at radius 2 is 1.91 bits per heavy atom. The molecule has 0 aliphatic carbocycles. The van der Waals surface area contributed by atoms with E-state index in [9.17, 15) is 9.59 Å². The van der Waals surface area contributed by atoms with Crippen molar-refractivity contribution in [2.75, 3.05) is 11.1 Å². The van der Waals surface area contributed by atoms with Crippen molar-refractivity contribution >= 4 is 23.5 Å². The van der Waals surface area contributed by atoms with E-state index in [1.165, 1.54) is 22.5 Å². The molecule has 0 spiro atoms. The van der Waals surface area contributed by atoms with Crippen LogP contribution in [0.2, 0.25) is 0 Å². The van der Waals surface area contributed by atoms with Crippen LogP contribution in [0.1, 0.15) is 0 Å². The van der Waals surface area contributed by atoms with Gasteiger partial charge >= 0.3 is 0 Å². The Hall–Kier alpha value is -2.87. The lowest BCUT2D eigenvalue weighted by atomic mass is 10.3. The SMILES string of the molecule is O=C(CSc1ncccn1)Nc1cc(=O)n(-c2ccccc2)[nH]1. The smallest absolute Gasteiger partial charge is 0.273 e. The molecule has 23 heavy (non-hydrogen) atoms. The zero-order chi connectivity index (χ0) is 16.1.